The molecule has 0 radical (unpaired) electrons. The first kappa shape index (κ1) is 13.8. The van der Waals surface area contributed by atoms with Crippen LogP contribution in [0.25, 0.3) is 0 Å². The highest BCUT2D eigenvalue weighted by Gasteiger charge is 2.26. The lowest BCUT2D eigenvalue weighted by Gasteiger charge is -2.13. The summed E-state index contributed by atoms with van der Waals surface area (Å²) in [6.07, 6.45) is -4.53. The van der Waals surface area contributed by atoms with E-state index in [9.17, 15) is 13.2 Å². The van der Waals surface area contributed by atoms with E-state index in [0.717, 1.165) is 5.56 Å². The summed E-state index contributed by atoms with van der Waals surface area (Å²) in [5, 5.41) is 0. The van der Waals surface area contributed by atoms with Crippen LogP contribution in [0.15, 0.2) is 24.3 Å². The Kier molecular flexibility index (Phi) is 4.81. The third-order valence-corrected chi connectivity index (χ3v) is 2.50. The van der Waals surface area contributed by atoms with E-state index < -0.39 is 12.6 Å². The molecule has 17 heavy (non-hydrogen) atoms. The van der Waals surface area contributed by atoms with Gasteiger partial charge in [0.05, 0.1) is 7.11 Å². The van der Waals surface area contributed by atoms with Crippen molar-refractivity contribution < 1.29 is 17.9 Å². The van der Waals surface area contributed by atoms with E-state index in [1.165, 1.54) is 7.11 Å². The largest absolute Gasteiger partial charge is 0.497 e. The fourth-order valence-electron chi connectivity index (χ4n) is 1.56. The number of halogens is 3. The molecular formula is C12H16F3NO. The molecular weight excluding hydrogens is 231 g/mol. The minimum atomic E-state index is -4.10. The van der Waals surface area contributed by atoms with Crippen molar-refractivity contribution in [3.8, 4) is 5.75 Å². The zero-order chi connectivity index (χ0) is 12.9. The van der Waals surface area contributed by atoms with Crippen LogP contribution in [0.2, 0.25) is 0 Å². The van der Waals surface area contributed by atoms with Crippen LogP contribution in [0.5, 0.6) is 5.75 Å². The van der Waals surface area contributed by atoms with Crippen molar-refractivity contribution in [2.24, 2.45) is 5.73 Å². The minimum Gasteiger partial charge on any atom is -0.497 e. The summed E-state index contributed by atoms with van der Waals surface area (Å²) in [5.41, 5.74) is 6.62. The van der Waals surface area contributed by atoms with Crippen molar-refractivity contribution in [2.45, 2.75) is 31.5 Å². The van der Waals surface area contributed by atoms with Crippen molar-refractivity contribution in [3.05, 3.63) is 29.8 Å². The Bertz CT molecular complexity index is 352. The predicted molar refractivity (Wildman–Crippen MR) is 59.8 cm³/mol. The van der Waals surface area contributed by atoms with Gasteiger partial charge in [-0.15, -0.1) is 0 Å². The highest BCUT2D eigenvalue weighted by atomic mass is 19.4. The molecule has 0 saturated carbocycles. The quantitative estimate of drug-likeness (QED) is 0.865. The van der Waals surface area contributed by atoms with Gasteiger partial charge in [-0.1, -0.05) is 12.1 Å². The number of hydrogen-bond donors (Lipinski definition) is 1. The van der Waals surface area contributed by atoms with Crippen LogP contribution in [-0.2, 0) is 0 Å². The first-order chi connectivity index (χ1) is 7.92. The third-order valence-electron chi connectivity index (χ3n) is 2.50. The molecule has 0 aliphatic rings. The van der Waals surface area contributed by atoms with Crippen molar-refractivity contribution in [1.82, 2.24) is 0 Å². The number of hydrogen-bond acceptors (Lipinski definition) is 2. The average Bonchev–Trinajstić information content (AvgIpc) is 2.27. The molecule has 0 amide bonds. The van der Waals surface area contributed by atoms with E-state index in [-0.39, 0.29) is 12.5 Å². The molecule has 96 valence electrons. The average molecular weight is 247 g/mol. The van der Waals surface area contributed by atoms with E-state index in [0.29, 0.717) is 12.2 Å². The van der Waals surface area contributed by atoms with Gasteiger partial charge in [-0.2, -0.15) is 13.2 Å². The smallest absolute Gasteiger partial charge is 0.389 e. The summed E-state index contributed by atoms with van der Waals surface area (Å²) in [5.74, 6) is 0.661. The monoisotopic (exact) mass is 247 g/mol. The number of alkyl halides is 3. The van der Waals surface area contributed by atoms with Crippen LogP contribution < -0.4 is 10.5 Å². The minimum absolute atomic E-state index is 0.0435. The van der Waals surface area contributed by atoms with Crippen molar-refractivity contribution in [2.75, 3.05) is 7.11 Å². The normalized spacial score (nSPS) is 13.5. The van der Waals surface area contributed by atoms with Gasteiger partial charge >= 0.3 is 6.18 Å². The second-order valence-electron chi connectivity index (χ2n) is 3.89. The maximum atomic E-state index is 12.0. The molecule has 0 aliphatic heterocycles. The molecule has 0 aromatic heterocycles. The number of nitrogens with two attached hydrogens (primary N) is 1. The van der Waals surface area contributed by atoms with Crippen LogP contribution in [0.4, 0.5) is 13.2 Å². The maximum absolute atomic E-state index is 12.0. The molecule has 0 saturated heterocycles. The third kappa shape index (κ3) is 5.08. The van der Waals surface area contributed by atoms with Crippen molar-refractivity contribution in [1.29, 1.82) is 0 Å². The first-order valence-electron chi connectivity index (χ1n) is 5.38. The fraction of sp³-hybridized carbons (Fsp3) is 0.500. The summed E-state index contributed by atoms with van der Waals surface area (Å²) < 4.78 is 40.9. The van der Waals surface area contributed by atoms with E-state index in [1.54, 1.807) is 24.3 Å². The summed E-state index contributed by atoms with van der Waals surface area (Å²) in [4.78, 5) is 0. The lowest BCUT2D eigenvalue weighted by molar-refractivity contribution is -0.135. The topological polar surface area (TPSA) is 35.2 Å². The lowest BCUT2D eigenvalue weighted by atomic mass is 10.0. The van der Waals surface area contributed by atoms with Gasteiger partial charge < -0.3 is 10.5 Å². The standard InChI is InChI=1S/C12H16F3NO/c1-17-10-5-2-4-9(8-10)11(16)6-3-7-12(13,14)15/h2,4-5,8,11H,3,6-7,16H2,1H3. The number of methoxy groups -OCH3 is 1. The molecule has 1 unspecified atom stereocenters. The molecule has 0 fully saturated rings. The van der Waals surface area contributed by atoms with Gasteiger partial charge in [0.1, 0.15) is 5.75 Å². The Morgan fingerprint density at radius 2 is 2.06 bits per heavy atom. The Morgan fingerprint density at radius 1 is 1.35 bits per heavy atom. The van der Waals surface area contributed by atoms with Gasteiger partial charge in [-0.25, -0.2) is 0 Å². The summed E-state index contributed by atoms with van der Waals surface area (Å²) in [6, 6.07) is 6.70. The second kappa shape index (κ2) is 5.91. The van der Waals surface area contributed by atoms with Gasteiger partial charge in [0.15, 0.2) is 0 Å². The number of rotatable bonds is 5. The number of benzene rings is 1. The molecule has 1 aromatic carbocycles. The van der Waals surface area contributed by atoms with Gasteiger partial charge in [0.2, 0.25) is 0 Å². The Hall–Kier alpha value is -1.23. The van der Waals surface area contributed by atoms with Crippen LogP contribution in [0.1, 0.15) is 30.9 Å². The second-order valence-corrected chi connectivity index (χ2v) is 3.89. The molecule has 5 heteroatoms. The molecule has 2 nitrogen and oxygen atoms in total. The van der Waals surface area contributed by atoms with Gasteiger partial charge in [-0.05, 0) is 30.5 Å². The molecule has 1 aromatic rings. The van der Waals surface area contributed by atoms with Crippen LogP contribution in [0, 0.1) is 0 Å². The summed E-state index contributed by atoms with van der Waals surface area (Å²) in [7, 11) is 1.54. The summed E-state index contributed by atoms with van der Waals surface area (Å²) >= 11 is 0. The van der Waals surface area contributed by atoms with Gasteiger partial charge in [-0.3, -0.25) is 0 Å². The van der Waals surface area contributed by atoms with Gasteiger partial charge in [0, 0.05) is 12.5 Å². The molecule has 0 bridgehead atoms. The SMILES string of the molecule is COc1cccc(C(N)CCCC(F)(F)F)c1. The van der Waals surface area contributed by atoms with Crippen LogP contribution >= 0.6 is 0 Å². The molecule has 1 atom stereocenters. The van der Waals surface area contributed by atoms with E-state index >= 15 is 0 Å². The first-order valence-corrected chi connectivity index (χ1v) is 5.38. The van der Waals surface area contributed by atoms with E-state index in [1.807, 2.05) is 0 Å². The molecule has 0 heterocycles. The predicted octanol–water partition coefficient (Wildman–Crippen LogP) is 3.43. The Morgan fingerprint density at radius 3 is 2.65 bits per heavy atom. The van der Waals surface area contributed by atoms with E-state index in [2.05, 4.69) is 0 Å². The zero-order valence-electron chi connectivity index (χ0n) is 9.63. The fourth-order valence-corrected chi connectivity index (χ4v) is 1.56. The highest BCUT2D eigenvalue weighted by Crippen LogP contribution is 2.26. The highest BCUT2D eigenvalue weighted by molar-refractivity contribution is 5.30. The molecule has 0 aliphatic carbocycles. The van der Waals surface area contributed by atoms with Crippen LogP contribution in [-0.4, -0.2) is 13.3 Å². The summed E-state index contributed by atoms with van der Waals surface area (Å²) in [6.45, 7) is 0. The lowest BCUT2D eigenvalue weighted by Crippen LogP contribution is -2.13. The molecule has 1 rings (SSSR count). The van der Waals surface area contributed by atoms with Crippen molar-refractivity contribution in [3.63, 3.8) is 0 Å². The zero-order valence-corrected chi connectivity index (χ0v) is 9.63. The Balaban J connectivity index is 2.49. The maximum Gasteiger partial charge on any atom is 0.389 e. The molecule has 0 spiro atoms. The van der Waals surface area contributed by atoms with Crippen molar-refractivity contribution >= 4 is 0 Å². The van der Waals surface area contributed by atoms with Crippen LogP contribution in [0.3, 0.4) is 0 Å². The molecule has 2 N–H and O–H groups in total. The van der Waals surface area contributed by atoms with Gasteiger partial charge in [0.25, 0.3) is 0 Å². The van der Waals surface area contributed by atoms with E-state index in [4.69, 9.17) is 10.5 Å². The number of ether oxygens (including phenoxy) is 1. The Labute approximate surface area is 98.6 Å².